The van der Waals surface area contributed by atoms with E-state index in [4.69, 9.17) is 0 Å². The van der Waals surface area contributed by atoms with E-state index < -0.39 is 17.8 Å². The highest BCUT2D eigenvalue weighted by molar-refractivity contribution is 7.13. The third kappa shape index (κ3) is 3.52. The minimum Gasteiger partial charge on any atom is -0.465 e. The first-order valence-electron chi connectivity index (χ1n) is 5.80. The van der Waals surface area contributed by atoms with Crippen molar-refractivity contribution in [3.63, 3.8) is 0 Å². The molecule has 0 unspecified atom stereocenters. The summed E-state index contributed by atoms with van der Waals surface area (Å²) in [5.74, 6) is -0.520. The molecule has 2 rings (SSSR count). The molecular formula is C13H11F3N2O2S. The lowest BCUT2D eigenvalue weighted by atomic mass is 10.1. The maximum Gasteiger partial charge on any atom is 0.434 e. The second-order valence-electron chi connectivity index (χ2n) is 4.18. The van der Waals surface area contributed by atoms with Gasteiger partial charge in [-0.05, 0) is 24.6 Å². The van der Waals surface area contributed by atoms with Gasteiger partial charge < -0.3 is 10.1 Å². The molecular weight excluding hydrogens is 305 g/mol. The van der Waals surface area contributed by atoms with Crippen LogP contribution in [0.3, 0.4) is 0 Å². The molecule has 1 N–H and O–H groups in total. The minimum absolute atomic E-state index is 0.104. The van der Waals surface area contributed by atoms with Gasteiger partial charge in [0.05, 0.1) is 12.7 Å². The van der Waals surface area contributed by atoms with E-state index in [1.165, 1.54) is 13.2 Å². The number of alkyl halides is 3. The average Bonchev–Trinajstić information content (AvgIpc) is 2.89. The Morgan fingerprint density at radius 3 is 2.67 bits per heavy atom. The van der Waals surface area contributed by atoms with E-state index in [2.05, 4.69) is 15.0 Å². The number of hydrogen-bond acceptors (Lipinski definition) is 5. The first-order valence-corrected chi connectivity index (χ1v) is 6.68. The van der Waals surface area contributed by atoms with Gasteiger partial charge >= 0.3 is 12.1 Å². The molecule has 112 valence electrons. The number of esters is 1. The zero-order valence-electron chi connectivity index (χ0n) is 11.1. The van der Waals surface area contributed by atoms with Crippen molar-refractivity contribution < 1.29 is 22.7 Å². The zero-order valence-corrected chi connectivity index (χ0v) is 11.9. The number of benzene rings is 1. The van der Waals surface area contributed by atoms with Crippen LogP contribution in [0.15, 0.2) is 23.6 Å². The molecule has 0 amide bonds. The molecule has 1 heterocycles. The molecule has 1 aromatic heterocycles. The molecule has 4 nitrogen and oxygen atoms in total. The normalized spacial score (nSPS) is 11.3. The third-order valence-electron chi connectivity index (χ3n) is 2.69. The molecule has 0 radical (unpaired) electrons. The molecule has 8 heteroatoms. The maximum absolute atomic E-state index is 12.5. The van der Waals surface area contributed by atoms with Crippen LogP contribution in [0, 0.1) is 6.92 Å². The van der Waals surface area contributed by atoms with Crippen LogP contribution in [0.25, 0.3) is 0 Å². The number of carbonyl (C=O) groups is 1. The third-order valence-corrected chi connectivity index (χ3v) is 3.45. The Morgan fingerprint density at radius 2 is 2.10 bits per heavy atom. The summed E-state index contributed by atoms with van der Waals surface area (Å²) in [5, 5.41) is 3.82. The Kier molecular flexibility index (Phi) is 4.17. The summed E-state index contributed by atoms with van der Waals surface area (Å²) >= 11 is 0.842. The molecule has 1 aromatic carbocycles. The zero-order chi connectivity index (χ0) is 15.6. The summed E-state index contributed by atoms with van der Waals surface area (Å²) in [4.78, 5) is 14.9. The lowest BCUT2D eigenvalue weighted by molar-refractivity contribution is -0.140. The number of aryl methyl sites for hydroxylation is 1. The van der Waals surface area contributed by atoms with Crippen molar-refractivity contribution in [2.45, 2.75) is 13.1 Å². The predicted octanol–water partition coefficient (Wildman–Crippen LogP) is 4.00. The Morgan fingerprint density at radius 1 is 1.38 bits per heavy atom. The highest BCUT2D eigenvalue weighted by Gasteiger charge is 2.33. The fraction of sp³-hybridized carbons (Fsp3) is 0.231. The second kappa shape index (κ2) is 5.72. The first-order chi connectivity index (χ1) is 9.81. The Balaban J connectivity index is 2.27. The fourth-order valence-corrected chi connectivity index (χ4v) is 2.31. The number of nitrogens with zero attached hydrogens (tertiary/aromatic N) is 1. The molecule has 0 saturated heterocycles. The van der Waals surface area contributed by atoms with Crippen LogP contribution in [-0.2, 0) is 10.9 Å². The van der Waals surface area contributed by atoms with Crippen LogP contribution in [0.5, 0.6) is 0 Å². The number of nitrogens with one attached hydrogen (secondary N) is 1. The Bertz CT molecular complexity index is 668. The van der Waals surface area contributed by atoms with E-state index >= 15 is 0 Å². The van der Waals surface area contributed by atoms with Crippen molar-refractivity contribution in [3.8, 4) is 0 Å². The van der Waals surface area contributed by atoms with Gasteiger partial charge in [-0.25, -0.2) is 9.78 Å². The van der Waals surface area contributed by atoms with Gasteiger partial charge in [-0.2, -0.15) is 13.2 Å². The largest absolute Gasteiger partial charge is 0.465 e. The molecule has 0 saturated carbocycles. The highest BCUT2D eigenvalue weighted by atomic mass is 32.1. The van der Waals surface area contributed by atoms with Gasteiger partial charge in [0.15, 0.2) is 10.8 Å². The molecule has 0 aliphatic rings. The number of rotatable bonds is 3. The SMILES string of the molecule is COC(=O)c1ccc(C)c(Nc2nc(C(F)(F)F)cs2)c1. The smallest absolute Gasteiger partial charge is 0.434 e. The van der Waals surface area contributed by atoms with Crippen molar-refractivity contribution in [2.24, 2.45) is 0 Å². The minimum atomic E-state index is -4.47. The summed E-state index contributed by atoms with van der Waals surface area (Å²) in [5.41, 5.74) is 0.627. The molecule has 21 heavy (non-hydrogen) atoms. The molecule has 0 aliphatic heterocycles. The number of ether oxygens (including phenoxy) is 1. The lowest BCUT2D eigenvalue weighted by Crippen LogP contribution is -2.06. The van der Waals surface area contributed by atoms with Crippen LogP contribution in [-0.4, -0.2) is 18.1 Å². The second-order valence-corrected chi connectivity index (χ2v) is 5.04. The van der Waals surface area contributed by atoms with Crippen molar-refractivity contribution in [2.75, 3.05) is 12.4 Å². The van der Waals surface area contributed by atoms with Gasteiger partial charge in [0.2, 0.25) is 0 Å². The number of halogens is 3. The summed E-state index contributed by atoms with van der Waals surface area (Å²) in [6.07, 6.45) is -4.47. The highest BCUT2D eigenvalue weighted by Crippen LogP contribution is 2.33. The van der Waals surface area contributed by atoms with Crippen molar-refractivity contribution in [1.82, 2.24) is 4.98 Å². The van der Waals surface area contributed by atoms with E-state index in [0.717, 1.165) is 22.3 Å². The van der Waals surface area contributed by atoms with E-state index in [-0.39, 0.29) is 5.13 Å². The van der Waals surface area contributed by atoms with Gasteiger partial charge in [-0.3, -0.25) is 0 Å². The van der Waals surface area contributed by atoms with Crippen LogP contribution >= 0.6 is 11.3 Å². The van der Waals surface area contributed by atoms with Crippen molar-refractivity contribution in [1.29, 1.82) is 0 Å². The first kappa shape index (κ1) is 15.3. The average molecular weight is 316 g/mol. The number of hydrogen-bond donors (Lipinski definition) is 1. The molecule has 0 atom stereocenters. The molecule has 2 aromatic rings. The number of thiazole rings is 1. The van der Waals surface area contributed by atoms with Gasteiger partial charge in [0.1, 0.15) is 0 Å². The monoisotopic (exact) mass is 316 g/mol. The Labute approximate surface area is 122 Å². The van der Waals surface area contributed by atoms with Crippen molar-refractivity contribution in [3.05, 3.63) is 40.4 Å². The maximum atomic E-state index is 12.5. The molecule has 0 spiro atoms. The fourth-order valence-electron chi connectivity index (χ4n) is 1.58. The summed E-state index contributed by atoms with van der Waals surface area (Å²) in [6.45, 7) is 1.77. The van der Waals surface area contributed by atoms with Gasteiger partial charge in [-0.1, -0.05) is 6.07 Å². The van der Waals surface area contributed by atoms with Crippen LogP contribution in [0.1, 0.15) is 21.6 Å². The molecule has 0 aliphatic carbocycles. The lowest BCUT2D eigenvalue weighted by Gasteiger charge is -2.08. The predicted molar refractivity (Wildman–Crippen MR) is 72.9 cm³/mol. The number of aromatic nitrogens is 1. The van der Waals surface area contributed by atoms with Gasteiger partial charge in [0, 0.05) is 11.1 Å². The van der Waals surface area contributed by atoms with Gasteiger partial charge in [-0.15, -0.1) is 11.3 Å². The topological polar surface area (TPSA) is 51.2 Å². The standard InChI is InChI=1S/C13H11F3N2O2S/c1-7-3-4-8(11(19)20-2)5-9(7)17-12-18-10(6-21-12)13(14,15)16/h3-6H,1-2H3,(H,17,18). The summed E-state index contributed by atoms with van der Waals surface area (Å²) in [6, 6.07) is 4.76. The molecule has 0 bridgehead atoms. The van der Waals surface area contributed by atoms with Crippen molar-refractivity contribution >= 4 is 28.1 Å². The molecule has 0 fully saturated rings. The van der Waals surface area contributed by atoms with E-state index in [1.54, 1.807) is 19.1 Å². The number of methoxy groups -OCH3 is 1. The Hall–Kier alpha value is -2.09. The van der Waals surface area contributed by atoms with E-state index in [0.29, 0.717) is 11.3 Å². The van der Waals surface area contributed by atoms with Crippen LogP contribution in [0.2, 0.25) is 0 Å². The quantitative estimate of drug-likeness (QED) is 0.870. The van der Waals surface area contributed by atoms with Crippen LogP contribution < -0.4 is 5.32 Å². The van der Waals surface area contributed by atoms with Gasteiger partial charge in [0.25, 0.3) is 0 Å². The van der Waals surface area contributed by atoms with E-state index in [9.17, 15) is 18.0 Å². The number of carbonyl (C=O) groups excluding carboxylic acids is 1. The summed E-state index contributed by atoms with van der Waals surface area (Å²) in [7, 11) is 1.26. The summed E-state index contributed by atoms with van der Waals surface area (Å²) < 4.78 is 42.1. The van der Waals surface area contributed by atoms with Crippen LogP contribution in [0.4, 0.5) is 24.0 Å². The van der Waals surface area contributed by atoms with E-state index in [1.807, 2.05) is 0 Å². The number of anilines is 2.